The minimum atomic E-state index is -0.534. The predicted octanol–water partition coefficient (Wildman–Crippen LogP) is 3.28. The Morgan fingerprint density at radius 1 is 1.08 bits per heavy atom. The van der Waals surface area contributed by atoms with Crippen LogP contribution in [0.15, 0.2) is 48.5 Å². The number of β-amino-alcohol motifs (C(OH)–C–C–N with tert-alkyl or cyclic N) is 1. The maximum absolute atomic E-state index is 11.8. The van der Waals surface area contributed by atoms with Crippen molar-refractivity contribution in [1.82, 2.24) is 25.1 Å². The van der Waals surface area contributed by atoms with Crippen LogP contribution >= 0.6 is 22.6 Å². The smallest absolute Gasteiger partial charge is 0.390 e. The van der Waals surface area contributed by atoms with Gasteiger partial charge in [0.2, 0.25) is 0 Å². The van der Waals surface area contributed by atoms with E-state index >= 15 is 0 Å². The third-order valence-corrected chi connectivity index (χ3v) is 8.03. The molecule has 3 heterocycles. The monoisotopic (exact) mass is 630 g/mol. The Labute approximate surface area is 237 Å². The van der Waals surface area contributed by atoms with Gasteiger partial charge in [0, 0.05) is 78.8 Å². The summed E-state index contributed by atoms with van der Waals surface area (Å²) >= 11 is 2.29. The molecule has 3 aromatic rings. The molecule has 2 aromatic carbocycles. The molecule has 0 saturated carbocycles. The van der Waals surface area contributed by atoms with Crippen LogP contribution in [0.3, 0.4) is 0 Å². The second-order valence-electron chi connectivity index (χ2n) is 9.93. The maximum Gasteiger partial charge on any atom is 0.426 e. The number of carbonyl (C=O) groups is 1. The molecule has 5 rings (SSSR count). The van der Waals surface area contributed by atoms with Crippen molar-refractivity contribution in [2.45, 2.75) is 32.5 Å². The first-order chi connectivity index (χ1) is 18.4. The summed E-state index contributed by atoms with van der Waals surface area (Å²) in [5.74, 6) is 0. The first kappa shape index (κ1) is 26.9. The van der Waals surface area contributed by atoms with E-state index in [1.165, 1.54) is 11.3 Å². The van der Waals surface area contributed by atoms with Crippen LogP contribution in [-0.4, -0.2) is 83.4 Å². The summed E-state index contributed by atoms with van der Waals surface area (Å²) in [7, 11) is 1.55. The van der Waals surface area contributed by atoms with Crippen molar-refractivity contribution in [3.63, 3.8) is 0 Å². The van der Waals surface area contributed by atoms with Gasteiger partial charge in [-0.1, -0.05) is 30.3 Å². The van der Waals surface area contributed by atoms with Crippen LogP contribution in [-0.2, 0) is 24.3 Å². The first-order valence-corrected chi connectivity index (χ1v) is 14.2. The maximum atomic E-state index is 11.8. The Hall–Kier alpha value is -2.67. The quantitative estimate of drug-likeness (QED) is 0.388. The molecule has 9 nitrogen and oxygen atoms in total. The van der Waals surface area contributed by atoms with Gasteiger partial charge in [0.15, 0.2) is 0 Å². The van der Waals surface area contributed by atoms with Gasteiger partial charge in [-0.25, -0.2) is 4.79 Å². The summed E-state index contributed by atoms with van der Waals surface area (Å²) in [5, 5.41) is 20.2. The van der Waals surface area contributed by atoms with Crippen molar-refractivity contribution >= 4 is 34.4 Å². The molecule has 202 valence electrons. The summed E-state index contributed by atoms with van der Waals surface area (Å²) in [5.41, 5.74) is 6.63. The molecule has 1 unspecified atom stereocenters. The molecule has 1 saturated heterocycles. The number of hydrogen-bond acceptors (Lipinski definition) is 7. The van der Waals surface area contributed by atoms with Gasteiger partial charge in [-0.3, -0.25) is 9.58 Å². The second kappa shape index (κ2) is 12.0. The number of aryl methyl sites for hydroxylation is 1. The number of rotatable bonds is 7. The third-order valence-electron chi connectivity index (χ3n) is 7.31. The van der Waals surface area contributed by atoms with Crippen LogP contribution in [0.25, 0.3) is 11.3 Å². The van der Waals surface area contributed by atoms with Crippen molar-refractivity contribution in [1.29, 1.82) is 0 Å². The van der Waals surface area contributed by atoms with E-state index in [4.69, 9.17) is 9.94 Å². The lowest BCUT2D eigenvalue weighted by molar-refractivity contribution is -0.110. The molecular formula is C28H35IN6O3. The predicted molar refractivity (Wildman–Crippen MR) is 156 cm³/mol. The fourth-order valence-electron chi connectivity index (χ4n) is 5.34. The van der Waals surface area contributed by atoms with Crippen LogP contribution in [0, 0.1) is 10.5 Å². The van der Waals surface area contributed by atoms with E-state index in [-0.39, 0.29) is 0 Å². The lowest BCUT2D eigenvalue weighted by Crippen LogP contribution is -2.49. The van der Waals surface area contributed by atoms with Crippen LogP contribution in [0.4, 0.5) is 10.5 Å². The highest BCUT2D eigenvalue weighted by molar-refractivity contribution is 14.1. The Morgan fingerprint density at radius 3 is 2.53 bits per heavy atom. The van der Waals surface area contributed by atoms with E-state index in [0.717, 1.165) is 52.3 Å². The van der Waals surface area contributed by atoms with Crippen LogP contribution in [0.5, 0.6) is 0 Å². The van der Waals surface area contributed by atoms with Crippen molar-refractivity contribution in [3.05, 3.63) is 68.9 Å². The molecule has 0 aliphatic carbocycles. The number of hydroxylamine groups is 2. The Bertz CT molecular complexity index is 1260. The summed E-state index contributed by atoms with van der Waals surface area (Å²) in [6.45, 7) is 7.98. The molecular weight excluding hydrogens is 595 g/mol. The highest BCUT2D eigenvalue weighted by Gasteiger charge is 2.29. The third kappa shape index (κ3) is 6.14. The summed E-state index contributed by atoms with van der Waals surface area (Å²) in [6.07, 6.45) is -0.325. The number of anilines is 1. The number of nitrogens with zero attached hydrogens (tertiary/aromatic N) is 5. The summed E-state index contributed by atoms with van der Waals surface area (Å²) in [4.78, 5) is 22.0. The highest BCUT2D eigenvalue weighted by atomic mass is 127. The standard InChI is InChI=1S/C28H35IN6O3/c1-20-5-3-4-6-25(20)33-15-13-32(14-16-33)17-23(36)18-35-26-11-12-34(38-28(37)30-2)19-24(26)27(31-35)21-7-9-22(29)10-8-21/h3-10,23,36H,11-19H2,1-2H3,(H,30,37). The number of aliphatic hydroxyl groups is 1. The molecule has 38 heavy (non-hydrogen) atoms. The van der Waals surface area contributed by atoms with E-state index in [2.05, 4.69) is 93.2 Å². The minimum absolute atomic E-state index is 0.432. The zero-order valence-corrected chi connectivity index (χ0v) is 24.1. The number of benzene rings is 2. The molecule has 0 bridgehead atoms. The topological polar surface area (TPSA) is 86.1 Å². The zero-order chi connectivity index (χ0) is 26.6. The molecule has 10 heteroatoms. The number of aliphatic hydroxyl groups excluding tert-OH is 1. The molecule has 1 fully saturated rings. The lowest BCUT2D eigenvalue weighted by Gasteiger charge is -2.37. The highest BCUT2D eigenvalue weighted by Crippen LogP contribution is 2.31. The van der Waals surface area contributed by atoms with Gasteiger partial charge in [0.05, 0.1) is 24.9 Å². The number of carbonyl (C=O) groups excluding carboxylic acids is 1. The van der Waals surface area contributed by atoms with Crippen molar-refractivity contribution in [2.24, 2.45) is 0 Å². The van der Waals surface area contributed by atoms with E-state index in [1.807, 2.05) is 4.68 Å². The molecule has 2 aliphatic heterocycles. The number of halogens is 1. The Morgan fingerprint density at radius 2 is 1.82 bits per heavy atom. The average molecular weight is 631 g/mol. The number of amides is 1. The molecule has 1 atom stereocenters. The lowest BCUT2D eigenvalue weighted by atomic mass is 10.0. The minimum Gasteiger partial charge on any atom is -0.390 e. The van der Waals surface area contributed by atoms with Crippen LogP contribution in [0.2, 0.25) is 0 Å². The number of nitrogens with one attached hydrogen (secondary N) is 1. The van der Waals surface area contributed by atoms with E-state index in [1.54, 1.807) is 12.1 Å². The van der Waals surface area contributed by atoms with Gasteiger partial charge in [0.1, 0.15) is 0 Å². The fraction of sp³-hybridized carbons (Fsp3) is 0.429. The van der Waals surface area contributed by atoms with Crippen LogP contribution in [0.1, 0.15) is 16.8 Å². The second-order valence-corrected chi connectivity index (χ2v) is 11.2. The van der Waals surface area contributed by atoms with E-state index in [9.17, 15) is 9.90 Å². The number of hydrogen-bond donors (Lipinski definition) is 2. The molecule has 0 spiro atoms. The first-order valence-electron chi connectivity index (χ1n) is 13.1. The number of aromatic nitrogens is 2. The molecule has 1 amide bonds. The van der Waals surface area contributed by atoms with E-state index < -0.39 is 12.2 Å². The van der Waals surface area contributed by atoms with Crippen LogP contribution < -0.4 is 10.2 Å². The van der Waals surface area contributed by atoms with Gasteiger partial charge in [-0.05, 0) is 53.3 Å². The van der Waals surface area contributed by atoms with Crippen molar-refractivity contribution in [3.8, 4) is 11.3 Å². The Kier molecular flexibility index (Phi) is 8.51. The van der Waals surface area contributed by atoms with Gasteiger partial charge in [0.25, 0.3) is 0 Å². The van der Waals surface area contributed by atoms with Gasteiger partial charge in [-0.2, -0.15) is 5.10 Å². The summed E-state index contributed by atoms with van der Waals surface area (Å²) in [6, 6.07) is 16.8. The number of para-hydroxylation sites is 1. The van der Waals surface area contributed by atoms with Gasteiger partial charge >= 0.3 is 6.09 Å². The average Bonchev–Trinajstić information content (AvgIpc) is 3.27. The number of piperazine rings is 1. The van der Waals surface area contributed by atoms with E-state index in [0.29, 0.717) is 32.6 Å². The molecule has 2 N–H and O–H groups in total. The molecule has 1 aromatic heterocycles. The largest absolute Gasteiger partial charge is 0.426 e. The molecule has 0 radical (unpaired) electrons. The SMILES string of the molecule is CNC(=O)ON1CCc2c(c(-c3ccc(I)cc3)nn2CC(O)CN2CCN(c3ccccc3C)CC2)C1. The normalized spacial score (nSPS) is 17.2. The van der Waals surface area contributed by atoms with Gasteiger partial charge in [-0.15, -0.1) is 5.06 Å². The van der Waals surface area contributed by atoms with Crippen molar-refractivity contribution in [2.75, 3.05) is 51.2 Å². The number of fused-ring (bicyclic) bond motifs is 1. The Balaban J connectivity index is 1.27. The van der Waals surface area contributed by atoms with Gasteiger partial charge < -0.3 is 20.2 Å². The van der Waals surface area contributed by atoms with Crippen molar-refractivity contribution < 1.29 is 14.7 Å². The zero-order valence-electron chi connectivity index (χ0n) is 21.9. The molecule has 2 aliphatic rings. The fourth-order valence-corrected chi connectivity index (χ4v) is 5.70. The summed E-state index contributed by atoms with van der Waals surface area (Å²) < 4.78 is 3.12.